The van der Waals surface area contributed by atoms with Crippen LogP contribution in [0.25, 0.3) is 0 Å². The molecule has 3 nitrogen and oxygen atoms in total. The van der Waals surface area contributed by atoms with Gasteiger partial charge in [0.2, 0.25) is 0 Å². The van der Waals surface area contributed by atoms with Gasteiger partial charge in [-0.15, -0.1) is 0 Å². The van der Waals surface area contributed by atoms with E-state index in [0.29, 0.717) is 13.2 Å². The van der Waals surface area contributed by atoms with E-state index in [1.165, 1.54) is 5.54 Å². The van der Waals surface area contributed by atoms with Crippen LogP contribution in [-0.4, -0.2) is 38.0 Å². The molecule has 0 atom stereocenters. The second-order valence-corrected chi connectivity index (χ2v) is 2.15. The van der Waals surface area contributed by atoms with E-state index < -0.39 is 0 Å². The lowest BCUT2D eigenvalue weighted by molar-refractivity contribution is 0.0943. The fourth-order valence-electron chi connectivity index (χ4n) is 0.541. The Balaban J connectivity index is 2.79. The summed E-state index contributed by atoms with van der Waals surface area (Å²) in [6, 6.07) is 0. The number of hydrogen-bond donors (Lipinski definition) is 2. The molecule has 0 spiro atoms. The fraction of sp³-hybridized carbons (Fsp3) is 0.714. The maximum atomic E-state index is 8.33. The molecule has 0 aliphatic carbocycles. The summed E-state index contributed by atoms with van der Waals surface area (Å²) in [6.07, 6.45) is 1.81. The minimum absolute atomic E-state index is 0.0849. The molecule has 0 saturated carbocycles. The predicted octanol–water partition coefficient (Wildman–Crippen LogP) is 0.337. The van der Waals surface area contributed by atoms with E-state index in [2.05, 4.69) is 5.32 Å². The van der Waals surface area contributed by atoms with Crippen molar-refractivity contribution < 1.29 is 9.84 Å². The molecule has 0 heterocycles. The Hall–Kier alpha value is -0.0900. The summed E-state index contributed by atoms with van der Waals surface area (Å²) in [5.74, 6) is 0. The number of hydrogen-bond acceptors (Lipinski definition) is 3. The standard InChI is InChI=1S/C7H14ClNO2/c8-2-1-3-9-4-6-11-7-5-10/h1-2,9-10H,3-7H2/b2-1+. The highest BCUT2D eigenvalue weighted by Gasteiger charge is 1.84. The summed E-state index contributed by atoms with van der Waals surface area (Å²) in [4.78, 5) is 0. The molecule has 0 bridgehead atoms. The Morgan fingerprint density at radius 2 is 2.27 bits per heavy atom. The highest BCUT2D eigenvalue weighted by Crippen LogP contribution is 1.75. The van der Waals surface area contributed by atoms with Crippen molar-refractivity contribution in [1.82, 2.24) is 5.32 Å². The molecule has 66 valence electrons. The van der Waals surface area contributed by atoms with E-state index >= 15 is 0 Å². The van der Waals surface area contributed by atoms with Crippen LogP contribution in [0.2, 0.25) is 0 Å². The van der Waals surface area contributed by atoms with Crippen LogP contribution in [0, 0.1) is 0 Å². The maximum Gasteiger partial charge on any atom is 0.0698 e. The number of aliphatic hydroxyl groups is 1. The van der Waals surface area contributed by atoms with Crippen LogP contribution < -0.4 is 5.32 Å². The van der Waals surface area contributed by atoms with Crippen molar-refractivity contribution in [3.63, 3.8) is 0 Å². The van der Waals surface area contributed by atoms with Gasteiger partial charge in [0, 0.05) is 18.6 Å². The molecule has 4 heteroatoms. The third-order valence-corrected chi connectivity index (χ3v) is 1.19. The third kappa shape index (κ3) is 9.91. The zero-order chi connectivity index (χ0) is 8.36. The lowest BCUT2D eigenvalue weighted by Gasteiger charge is -2.01. The first kappa shape index (κ1) is 10.9. The molecule has 0 aromatic carbocycles. The van der Waals surface area contributed by atoms with Crippen LogP contribution in [0.3, 0.4) is 0 Å². The van der Waals surface area contributed by atoms with Gasteiger partial charge in [-0.1, -0.05) is 17.7 Å². The zero-order valence-corrected chi connectivity index (χ0v) is 7.18. The number of nitrogens with one attached hydrogen (secondary N) is 1. The molecule has 0 aromatic rings. The molecular formula is C7H14ClNO2. The van der Waals surface area contributed by atoms with Crippen molar-refractivity contribution in [3.05, 3.63) is 11.6 Å². The summed E-state index contributed by atoms with van der Waals surface area (Å²) in [6.45, 7) is 2.65. The van der Waals surface area contributed by atoms with Crippen molar-refractivity contribution in [2.75, 3.05) is 32.9 Å². The summed E-state index contributed by atoms with van der Waals surface area (Å²) >= 11 is 5.28. The molecule has 2 N–H and O–H groups in total. The molecular weight excluding hydrogens is 166 g/mol. The molecule has 11 heavy (non-hydrogen) atoms. The average Bonchev–Trinajstić information content (AvgIpc) is 2.03. The van der Waals surface area contributed by atoms with E-state index in [9.17, 15) is 0 Å². The van der Waals surface area contributed by atoms with E-state index in [1.807, 2.05) is 6.08 Å². The maximum absolute atomic E-state index is 8.33. The van der Waals surface area contributed by atoms with Gasteiger partial charge in [0.05, 0.1) is 19.8 Å². The van der Waals surface area contributed by atoms with E-state index in [-0.39, 0.29) is 6.61 Å². The first-order valence-electron chi connectivity index (χ1n) is 3.56. The molecule has 0 amide bonds. The van der Waals surface area contributed by atoms with Crippen molar-refractivity contribution in [2.45, 2.75) is 0 Å². The summed E-state index contributed by atoms with van der Waals surface area (Å²) in [5.41, 5.74) is 1.47. The van der Waals surface area contributed by atoms with E-state index in [0.717, 1.165) is 13.1 Å². The third-order valence-electron chi connectivity index (χ3n) is 1.01. The van der Waals surface area contributed by atoms with Gasteiger partial charge in [0.1, 0.15) is 0 Å². The molecule has 0 rings (SSSR count). The first-order chi connectivity index (χ1) is 5.41. The largest absolute Gasteiger partial charge is 0.394 e. The predicted molar refractivity (Wildman–Crippen MR) is 45.8 cm³/mol. The van der Waals surface area contributed by atoms with Crippen LogP contribution in [0.5, 0.6) is 0 Å². The molecule has 0 aliphatic heterocycles. The van der Waals surface area contributed by atoms with Crippen LogP contribution in [0.15, 0.2) is 11.6 Å². The molecule has 0 saturated heterocycles. The number of rotatable bonds is 7. The lowest BCUT2D eigenvalue weighted by Crippen LogP contribution is -2.20. The Kier molecular flexibility index (Phi) is 9.83. The molecule has 0 unspecified atom stereocenters. The Labute approximate surface area is 72.0 Å². The Morgan fingerprint density at radius 1 is 1.45 bits per heavy atom. The van der Waals surface area contributed by atoms with Gasteiger partial charge in [-0.2, -0.15) is 0 Å². The van der Waals surface area contributed by atoms with Crippen molar-refractivity contribution in [1.29, 1.82) is 0 Å². The van der Waals surface area contributed by atoms with Gasteiger partial charge in [0.25, 0.3) is 0 Å². The van der Waals surface area contributed by atoms with Gasteiger partial charge in [0.15, 0.2) is 0 Å². The van der Waals surface area contributed by atoms with Crippen LogP contribution in [0.4, 0.5) is 0 Å². The Morgan fingerprint density at radius 3 is 2.91 bits per heavy atom. The fourth-order valence-corrected chi connectivity index (χ4v) is 0.630. The quantitative estimate of drug-likeness (QED) is 0.554. The zero-order valence-electron chi connectivity index (χ0n) is 6.42. The van der Waals surface area contributed by atoms with Gasteiger partial charge in [-0.05, 0) is 0 Å². The number of aliphatic hydroxyl groups excluding tert-OH is 1. The molecule has 0 aliphatic rings. The second-order valence-electron chi connectivity index (χ2n) is 1.90. The van der Waals surface area contributed by atoms with Crippen molar-refractivity contribution in [3.8, 4) is 0 Å². The summed E-state index contributed by atoms with van der Waals surface area (Å²) in [5, 5.41) is 11.4. The van der Waals surface area contributed by atoms with Gasteiger partial charge < -0.3 is 15.2 Å². The van der Waals surface area contributed by atoms with Crippen molar-refractivity contribution in [2.24, 2.45) is 0 Å². The average molecular weight is 180 g/mol. The first-order valence-corrected chi connectivity index (χ1v) is 4.00. The molecule has 0 aromatic heterocycles. The van der Waals surface area contributed by atoms with E-state index in [1.54, 1.807) is 0 Å². The number of ether oxygens (including phenoxy) is 1. The van der Waals surface area contributed by atoms with Crippen LogP contribution in [0.1, 0.15) is 0 Å². The van der Waals surface area contributed by atoms with Gasteiger partial charge in [-0.3, -0.25) is 0 Å². The van der Waals surface area contributed by atoms with E-state index in [4.69, 9.17) is 21.4 Å². The summed E-state index contributed by atoms with van der Waals surface area (Å²) < 4.78 is 4.99. The van der Waals surface area contributed by atoms with Gasteiger partial charge >= 0.3 is 0 Å². The SMILES string of the molecule is OCCOCCNC/C=C/Cl. The monoisotopic (exact) mass is 179 g/mol. The lowest BCUT2D eigenvalue weighted by atomic mass is 10.6. The highest BCUT2D eigenvalue weighted by molar-refractivity contribution is 6.25. The normalized spacial score (nSPS) is 11.1. The van der Waals surface area contributed by atoms with Crippen LogP contribution in [-0.2, 0) is 4.74 Å². The smallest absolute Gasteiger partial charge is 0.0698 e. The highest BCUT2D eigenvalue weighted by atomic mass is 35.5. The van der Waals surface area contributed by atoms with Crippen molar-refractivity contribution >= 4 is 11.6 Å². The molecule has 0 radical (unpaired) electrons. The minimum Gasteiger partial charge on any atom is -0.394 e. The number of halogens is 1. The Bertz CT molecular complexity index is 98.4. The minimum atomic E-state index is 0.0849. The summed E-state index contributed by atoms with van der Waals surface area (Å²) in [7, 11) is 0. The topological polar surface area (TPSA) is 41.5 Å². The second kappa shape index (κ2) is 9.91. The molecule has 0 fully saturated rings. The van der Waals surface area contributed by atoms with Gasteiger partial charge in [-0.25, -0.2) is 0 Å². The van der Waals surface area contributed by atoms with Crippen LogP contribution >= 0.6 is 11.6 Å².